The lowest BCUT2D eigenvalue weighted by Crippen LogP contribution is -2.37. The van der Waals surface area contributed by atoms with E-state index in [1.54, 1.807) is 0 Å². The van der Waals surface area contributed by atoms with Crippen LogP contribution < -0.4 is 4.89 Å². The number of carbonyl (C=O) groups is 2. The van der Waals surface area contributed by atoms with E-state index in [9.17, 15) is 19.0 Å². The fourth-order valence-electron chi connectivity index (χ4n) is 8.28. The molecule has 0 bridgehead atoms. The largest absolute Gasteiger partial charge is 0.756 e. The Bertz CT molecular complexity index is 1380. The number of nitrogens with zero attached hydrogens (tertiary/aromatic N) is 1. The first-order chi connectivity index (χ1) is 34.5. The molecule has 0 aliphatic carbocycles. The molecule has 0 fully saturated rings. The van der Waals surface area contributed by atoms with Crippen LogP contribution in [-0.4, -0.2) is 70.0 Å². The molecule has 0 radical (unpaired) electrons. The number of esters is 2. The van der Waals surface area contributed by atoms with Gasteiger partial charge in [0.15, 0.2) is 6.10 Å². The number of unbranched alkanes of at least 4 members (excludes halogenated alkanes) is 30. The number of carbonyl (C=O) groups excluding carboxylic acids is 2. The summed E-state index contributed by atoms with van der Waals surface area (Å²) < 4.78 is 34.0. The molecule has 0 aromatic carbocycles. The van der Waals surface area contributed by atoms with Crippen LogP contribution >= 0.6 is 7.82 Å². The summed E-state index contributed by atoms with van der Waals surface area (Å²) in [6.07, 6.45) is 67.3. The lowest BCUT2D eigenvalue weighted by atomic mass is 10.0. The van der Waals surface area contributed by atoms with Gasteiger partial charge in [-0.1, -0.05) is 261 Å². The smallest absolute Gasteiger partial charge is 0.306 e. The van der Waals surface area contributed by atoms with E-state index in [0.29, 0.717) is 23.9 Å². The number of quaternary nitrogens is 1. The molecular weight excluding hydrogens is 906 g/mol. The van der Waals surface area contributed by atoms with Crippen LogP contribution in [0.3, 0.4) is 0 Å². The van der Waals surface area contributed by atoms with Crippen LogP contribution in [-0.2, 0) is 32.7 Å². The molecular formula is C61H112NO8P. The summed E-state index contributed by atoms with van der Waals surface area (Å²) in [5.74, 6) is -0.895. The predicted octanol–water partition coefficient (Wildman–Crippen LogP) is 17.7. The molecule has 0 saturated carbocycles. The van der Waals surface area contributed by atoms with Crippen molar-refractivity contribution < 1.29 is 42.1 Å². The second kappa shape index (κ2) is 52.6. The van der Waals surface area contributed by atoms with Crippen LogP contribution in [0, 0.1) is 0 Å². The number of phosphoric ester groups is 1. The van der Waals surface area contributed by atoms with Crippen LogP contribution in [0.4, 0.5) is 0 Å². The Balaban J connectivity index is 4.09. The molecule has 2 unspecified atom stereocenters. The maximum absolute atomic E-state index is 12.7. The summed E-state index contributed by atoms with van der Waals surface area (Å²) in [5, 5.41) is 0. The summed E-state index contributed by atoms with van der Waals surface area (Å²) in [6.45, 7) is 4.08. The number of phosphoric acid groups is 1. The van der Waals surface area contributed by atoms with E-state index in [1.807, 2.05) is 27.2 Å². The molecule has 0 rings (SSSR count). The number of hydrogen-bond acceptors (Lipinski definition) is 8. The topological polar surface area (TPSA) is 111 Å². The molecule has 9 nitrogen and oxygen atoms in total. The summed E-state index contributed by atoms with van der Waals surface area (Å²) in [5.41, 5.74) is 0. The third-order valence-corrected chi connectivity index (χ3v) is 13.8. The van der Waals surface area contributed by atoms with Gasteiger partial charge in [0, 0.05) is 12.8 Å². The minimum absolute atomic E-state index is 0.0424. The Morgan fingerprint density at radius 3 is 1.18 bits per heavy atom. The normalized spacial score (nSPS) is 13.7. The third-order valence-electron chi connectivity index (χ3n) is 12.8. The van der Waals surface area contributed by atoms with Crippen LogP contribution in [0.1, 0.15) is 264 Å². The minimum atomic E-state index is -4.65. The van der Waals surface area contributed by atoms with Crippen molar-refractivity contribution in [2.75, 3.05) is 47.5 Å². The van der Waals surface area contributed by atoms with E-state index in [2.05, 4.69) is 68.5 Å². The maximum Gasteiger partial charge on any atom is 0.306 e. The average molecular weight is 1020 g/mol. The first-order valence-electron chi connectivity index (χ1n) is 29.5. The summed E-state index contributed by atoms with van der Waals surface area (Å²) in [4.78, 5) is 37.8. The van der Waals surface area contributed by atoms with E-state index < -0.39 is 32.5 Å². The molecule has 0 N–H and O–H groups in total. The lowest BCUT2D eigenvalue weighted by Gasteiger charge is -2.28. The maximum atomic E-state index is 12.7. The highest BCUT2D eigenvalue weighted by atomic mass is 31.2. The van der Waals surface area contributed by atoms with Gasteiger partial charge in [0.25, 0.3) is 7.82 Å². The third kappa shape index (κ3) is 56.9. The van der Waals surface area contributed by atoms with Crippen LogP contribution in [0.15, 0.2) is 60.8 Å². The number of allylic oxidation sites excluding steroid dienone is 10. The second-order valence-corrected chi connectivity index (χ2v) is 22.4. The van der Waals surface area contributed by atoms with Gasteiger partial charge in [-0.15, -0.1) is 0 Å². The van der Waals surface area contributed by atoms with Gasteiger partial charge in [-0.25, -0.2) is 0 Å². The van der Waals surface area contributed by atoms with Gasteiger partial charge < -0.3 is 27.9 Å². The minimum Gasteiger partial charge on any atom is -0.756 e. The number of ether oxygens (including phenoxy) is 2. The van der Waals surface area contributed by atoms with Gasteiger partial charge in [-0.05, 0) is 51.4 Å². The van der Waals surface area contributed by atoms with Crippen LogP contribution in [0.25, 0.3) is 0 Å². The van der Waals surface area contributed by atoms with Crippen molar-refractivity contribution >= 4 is 19.8 Å². The highest BCUT2D eigenvalue weighted by Gasteiger charge is 2.21. The average Bonchev–Trinajstić information content (AvgIpc) is 3.33. The monoisotopic (exact) mass is 1020 g/mol. The Morgan fingerprint density at radius 2 is 0.803 bits per heavy atom. The quantitative estimate of drug-likeness (QED) is 0.0195. The Morgan fingerprint density at radius 1 is 0.451 bits per heavy atom. The molecule has 0 spiro atoms. The van der Waals surface area contributed by atoms with Crippen molar-refractivity contribution in [2.24, 2.45) is 0 Å². The zero-order chi connectivity index (χ0) is 52.0. The van der Waals surface area contributed by atoms with E-state index in [1.165, 1.54) is 173 Å². The van der Waals surface area contributed by atoms with Crippen LogP contribution in [0.5, 0.6) is 0 Å². The summed E-state index contributed by atoms with van der Waals surface area (Å²) in [6, 6.07) is 0. The first-order valence-corrected chi connectivity index (χ1v) is 31.0. The van der Waals surface area contributed by atoms with Gasteiger partial charge in [0.2, 0.25) is 0 Å². The van der Waals surface area contributed by atoms with Crippen molar-refractivity contribution in [3.8, 4) is 0 Å². The fraction of sp³-hybridized carbons (Fsp3) is 0.803. The molecule has 0 aliphatic heterocycles. The molecule has 0 saturated heterocycles. The zero-order valence-corrected chi connectivity index (χ0v) is 47.8. The summed E-state index contributed by atoms with van der Waals surface area (Å²) in [7, 11) is 1.13. The van der Waals surface area contributed by atoms with E-state index in [0.717, 1.165) is 51.4 Å². The lowest BCUT2D eigenvalue weighted by molar-refractivity contribution is -0.870. The van der Waals surface area contributed by atoms with Gasteiger partial charge in [-0.2, -0.15) is 0 Å². The highest BCUT2D eigenvalue weighted by molar-refractivity contribution is 7.45. The Hall–Kier alpha value is -2.29. The molecule has 0 heterocycles. The predicted molar refractivity (Wildman–Crippen MR) is 300 cm³/mol. The van der Waals surface area contributed by atoms with Gasteiger partial charge >= 0.3 is 11.9 Å². The van der Waals surface area contributed by atoms with E-state index >= 15 is 0 Å². The van der Waals surface area contributed by atoms with Gasteiger partial charge in [0.05, 0.1) is 27.7 Å². The number of likely N-dealkylation sites (N-methyl/N-ethyl adjacent to an activating group) is 1. The second-order valence-electron chi connectivity index (χ2n) is 21.0. The number of hydrogen-bond donors (Lipinski definition) is 0. The Labute approximate surface area is 438 Å². The summed E-state index contributed by atoms with van der Waals surface area (Å²) >= 11 is 0. The van der Waals surface area contributed by atoms with Crippen molar-refractivity contribution in [3.63, 3.8) is 0 Å². The van der Waals surface area contributed by atoms with E-state index in [4.69, 9.17) is 18.5 Å². The van der Waals surface area contributed by atoms with Gasteiger partial charge in [0.1, 0.15) is 19.8 Å². The van der Waals surface area contributed by atoms with Crippen molar-refractivity contribution in [2.45, 2.75) is 270 Å². The van der Waals surface area contributed by atoms with Crippen molar-refractivity contribution in [1.29, 1.82) is 0 Å². The molecule has 2 atom stereocenters. The molecule has 0 amide bonds. The van der Waals surface area contributed by atoms with Crippen molar-refractivity contribution in [3.05, 3.63) is 60.8 Å². The molecule has 0 aromatic heterocycles. The fourth-order valence-corrected chi connectivity index (χ4v) is 9.01. The first kappa shape index (κ1) is 68.7. The van der Waals surface area contributed by atoms with Crippen LogP contribution in [0.2, 0.25) is 0 Å². The SMILES string of the molecule is CC/C=C\C/C=C\C/C=C\C/C=C\C/C=C\CCCC(=O)OC(COC(=O)CCCCCCCCCCCCCCCCCCCCCCCCCCCCCCCC)COP(=O)([O-])OCC[N+](C)(C)C. The molecule has 0 aliphatic rings. The molecule has 10 heteroatoms. The molecule has 71 heavy (non-hydrogen) atoms. The Kier molecular flexibility index (Phi) is 50.9. The molecule has 414 valence electrons. The van der Waals surface area contributed by atoms with E-state index in [-0.39, 0.29) is 26.1 Å². The van der Waals surface area contributed by atoms with Crippen molar-refractivity contribution in [1.82, 2.24) is 0 Å². The standard InChI is InChI=1S/C61H112NO8P/c1-6-8-10-12-14-16-18-20-22-24-25-26-27-28-29-30-31-32-33-34-35-36-38-39-41-43-45-47-49-51-53-60(63)67-57-59(58-69-71(65,66)68-56-55-62(3,4)5)70-61(64)54-52-50-48-46-44-42-40-37-23-21-19-17-15-13-11-9-7-2/h9,11,15,17,21,23,40,42,46,48,59H,6-8,10,12-14,16,18-20,22,24-39,41,43-45,47,49-58H2,1-5H3/b11-9-,17-15-,23-21-,42-40-,48-46-. The van der Waals surface area contributed by atoms with Gasteiger partial charge in [-0.3, -0.25) is 14.2 Å². The highest BCUT2D eigenvalue weighted by Crippen LogP contribution is 2.38. The zero-order valence-electron chi connectivity index (χ0n) is 46.9. The molecule has 0 aromatic rings. The number of rotatable bonds is 54.